The van der Waals surface area contributed by atoms with Crippen LogP contribution in [0, 0.1) is 5.92 Å². The number of hydrogen-bond acceptors (Lipinski definition) is 5. The van der Waals surface area contributed by atoms with Gasteiger partial charge in [0, 0.05) is 25.7 Å². The lowest BCUT2D eigenvalue weighted by Gasteiger charge is -2.22. The zero-order valence-electron chi connectivity index (χ0n) is 14.2. The van der Waals surface area contributed by atoms with E-state index in [2.05, 4.69) is 14.7 Å². The van der Waals surface area contributed by atoms with Gasteiger partial charge < -0.3 is 9.80 Å². The molecule has 1 fully saturated rings. The van der Waals surface area contributed by atoms with Crippen LogP contribution in [-0.2, 0) is 22.6 Å². The van der Waals surface area contributed by atoms with Gasteiger partial charge in [0.05, 0.1) is 12.5 Å². The highest BCUT2D eigenvalue weighted by atomic mass is 16.5. The fourth-order valence-corrected chi connectivity index (χ4v) is 3.12. The van der Waals surface area contributed by atoms with Crippen molar-refractivity contribution in [1.82, 2.24) is 15.0 Å². The van der Waals surface area contributed by atoms with E-state index in [4.69, 9.17) is 0 Å². The summed E-state index contributed by atoms with van der Waals surface area (Å²) in [5.74, 6) is -1.01. The number of carbonyl (C=O) groups is 2. The molecule has 2 heterocycles. The van der Waals surface area contributed by atoms with Gasteiger partial charge in [-0.1, -0.05) is 30.3 Å². The first-order chi connectivity index (χ1) is 12.0. The molecule has 0 spiro atoms. The number of benzene rings is 1. The highest BCUT2D eigenvalue weighted by molar-refractivity contribution is 6.00. The van der Waals surface area contributed by atoms with E-state index in [9.17, 15) is 14.4 Å². The molecular weight excluding hydrogens is 324 g/mol. The summed E-state index contributed by atoms with van der Waals surface area (Å²) in [5, 5.41) is 3.55. The molecule has 132 valence electrons. The molecule has 1 aliphatic heterocycles. The van der Waals surface area contributed by atoms with Crippen molar-refractivity contribution in [3.8, 4) is 0 Å². The smallest absolute Gasteiger partial charge is 0.338 e. The summed E-state index contributed by atoms with van der Waals surface area (Å²) in [6, 6.07) is 7.74. The number of aryl methyl sites for hydroxylation is 1. The van der Waals surface area contributed by atoms with Crippen LogP contribution in [0.3, 0.4) is 0 Å². The van der Waals surface area contributed by atoms with Gasteiger partial charge in [0.15, 0.2) is 5.82 Å². The van der Waals surface area contributed by atoms with E-state index >= 15 is 0 Å². The monoisotopic (exact) mass is 344 g/mol. The summed E-state index contributed by atoms with van der Waals surface area (Å²) in [6.45, 7) is 2.52. The van der Waals surface area contributed by atoms with Gasteiger partial charge in [-0.15, -0.1) is 0 Å². The summed E-state index contributed by atoms with van der Waals surface area (Å²) >= 11 is 0. The van der Waals surface area contributed by atoms with Gasteiger partial charge in [-0.3, -0.25) is 19.1 Å². The van der Waals surface area contributed by atoms with Crippen molar-refractivity contribution in [3.05, 3.63) is 46.2 Å². The second-order valence-electron chi connectivity index (χ2n) is 6.12. The molecule has 0 radical (unpaired) electrons. The zero-order chi connectivity index (χ0) is 18.0. The van der Waals surface area contributed by atoms with Gasteiger partial charge in [0.25, 0.3) is 0 Å². The molecule has 1 N–H and O–H groups in total. The maximum atomic E-state index is 12.6. The number of H-pyrrole nitrogens is 1. The third-order valence-corrected chi connectivity index (χ3v) is 4.39. The average Bonchev–Trinajstić information content (AvgIpc) is 3.19. The van der Waals surface area contributed by atoms with Crippen molar-refractivity contribution < 1.29 is 14.1 Å². The molecule has 0 aliphatic carbocycles. The van der Waals surface area contributed by atoms with Crippen LogP contribution >= 0.6 is 0 Å². The van der Waals surface area contributed by atoms with Gasteiger partial charge in [0.1, 0.15) is 0 Å². The lowest BCUT2D eigenvalue weighted by atomic mass is 10.1. The number of rotatable bonds is 5. The van der Waals surface area contributed by atoms with Crippen molar-refractivity contribution in [2.45, 2.75) is 26.3 Å². The number of amides is 2. The van der Waals surface area contributed by atoms with E-state index in [1.807, 2.05) is 31.2 Å². The number of para-hydroxylation sites is 1. The summed E-state index contributed by atoms with van der Waals surface area (Å²) in [7, 11) is 1.61. The van der Waals surface area contributed by atoms with E-state index in [0.717, 1.165) is 17.7 Å². The van der Waals surface area contributed by atoms with Crippen molar-refractivity contribution in [2.75, 3.05) is 18.5 Å². The van der Waals surface area contributed by atoms with Crippen molar-refractivity contribution >= 4 is 17.5 Å². The topological polar surface area (TPSA) is 99.5 Å². The molecule has 8 heteroatoms. The Labute approximate surface area is 144 Å². The van der Waals surface area contributed by atoms with E-state index in [1.54, 1.807) is 11.9 Å². The minimum Gasteiger partial charge on any atom is -0.338 e. The Morgan fingerprint density at radius 2 is 2.16 bits per heavy atom. The van der Waals surface area contributed by atoms with Gasteiger partial charge in [-0.2, -0.15) is 0 Å². The first kappa shape index (κ1) is 16.9. The van der Waals surface area contributed by atoms with E-state index in [0.29, 0.717) is 6.54 Å². The summed E-state index contributed by atoms with van der Waals surface area (Å²) in [6.07, 6.45) is 0.995. The van der Waals surface area contributed by atoms with Crippen LogP contribution in [0.15, 0.2) is 33.6 Å². The number of nitrogens with zero attached hydrogens (tertiary/aromatic N) is 3. The molecule has 1 aromatic carbocycles. The predicted molar refractivity (Wildman–Crippen MR) is 89.9 cm³/mol. The molecule has 1 saturated heterocycles. The Bertz CT molecular complexity index is 841. The van der Waals surface area contributed by atoms with Crippen molar-refractivity contribution in [1.29, 1.82) is 0 Å². The first-order valence-electron chi connectivity index (χ1n) is 8.17. The third kappa shape index (κ3) is 3.47. The van der Waals surface area contributed by atoms with Crippen LogP contribution < -0.4 is 10.7 Å². The molecule has 0 unspecified atom stereocenters. The number of carbonyl (C=O) groups excluding carboxylic acids is 2. The standard InChI is InChI=1S/C17H20N4O4/c1-3-11-6-4-5-7-13(11)21-9-12(8-15(21)22)16(23)20(2)10-14-18-17(24)25-19-14/h4-7,12H,3,8-10H2,1-2H3,(H,18,19,24)/t12-/m1/s1. The number of anilines is 1. The second kappa shape index (κ2) is 6.92. The van der Waals surface area contributed by atoms with Crippen LogP contribution in [0.2, 0.25) is 0 Å². The fourth-order valence-electron chi connectivity index (χ4n) is 3.12. The predicted octanol–water partition coefficient (Wildman–Crippen LogP) is 0.937. The highest BCUT2D eigenvalue weighted by Gasteiger charge is 2.37. The van der Waals surface area contributed by atoms with Gasteiger partial charge in [-0.05, 0) is 18.1 Å². The van der Waals surface area contributed by atoms with Crippen LogP contribution in [0.5, 0.6) is 0 Å². The van der Waals surface area contributed by atoms with Gasteiger partial charge >= 0.3 is 5.76 Å². The van der Waals surface area contributed by atoms with Crippen LogP contribution in [-0.4, -0.2) is 40.4 Å². The molecule has 2 aromatic rings. The molecule has 1 aliphatic rings. The molecule has 2 amide bonds. The third-order valence-electron chi connectivity index (χ3n) is 4.39. The maximum absolute atomic E-state index is 12.6. The molecule has 25 heavy (non-hydrogen) atoms. The number of aromatic amines is 1. The van der Waals surface area contributed by atoms with Gasteiger partial charge in [0.2, 0.25) is 11.8 Å². The highest BCUT2D eigenvalue weighted by Crippen LogP contribution is 2.29. The van der Waals surface area contributed by atoms with Crippen molar-refractivity contribution in [2.24, 2.45) is 5.92 Å². The summed E-state index contributed by atoms with van der Waals surface area (Å²) in [5.41, 5.74) is 1.95. The second-order valence-corrected chi connectivity index (χ2v) is 6.12. The van der Waals surface area contributed by atoms with Crippen molar-refractivity contribution in [3.63, 3.8) is 0 Å². The Hall–Kier alpha value is -2.90. The van der Waals surface area contributed by atoms with E-state index in [-0.39, 0.29) is 30.6 Å². The Morgan fingerprint density at radius 3 is 2.84 bits per heavy atom. The Morgan fingerprint density at radius 1 is 1.40 bits per heavy atom. The zero-order valence-corrected chi connectivity index (χ0v) is 14.2. The van der Waals surface area contributed by atoms with Crippen LogP contribution in [0.25, 0.3) is 0 Å². The fraction of sp³-hybridized carbons (Fsp3) is 0.412. The largest absolute Gasteiger partial charge is 0.438 e. The number of hydrogen-bond donors (Lipinski definition) is 1. The molecule has 0 saturated carbocycles. The lowest BCUT2D eigenvalue weighted by Crippen LogP contribution is -2.34. The average molecular weight is 344 g/mol. The number of nitrogens with one attached hydrogen (secondary N) is 1. The van der Waals surface area contributed by atoms with Crippen LogP contribution in [0.4, 0.5) is 5.69 Å². The van der Waals surface area contributed by atoms with Gasteiger partial charge in [-0.25, -0.2) is 4.79 Å². The Kier molecular flexibility index (Phi) is 4.69. The minimum atomic E-state index is -0.658. The molecular formula is C17H20N4O4. The first-order valence-corrected chi connectivity index (χ1v) is 8.17. The minimum absolute atomic E-state index is 0.0532. The summed E-state index contributed by atoms with van der Waals surface area (Å²) < 4.78 is 4.43. The molecule has 3 rings (SSSR count). The van der Waals surface area contributed by atoms with Crippen LogP contribution in [0.1, 0.15) is 24.7 Å². The lowest BCUT2D eigenvalue weighted by molar-refractivity contribution is -0.135. The van der Waals surface area contributed by atoms with E-state index < -0.39 is 11.7 Å². The molecule has 1 atom stereocenters. The summed E-state index contributed by atoms with van der Waals surface area (Å²) in [4.78, 5) is 41.6. The Balaban J connectivity index is 1.71. The number of aromatic nitrogens is 2. The quantitative estimate of drug-likeness (QED) is 0.870. The van der Waals surface area contributed by atoms with E-state index in [1.165, 1.54) is 4.90 Å². The maximum Gasteiger partial charge on any atom is 0.438 e. The SMILES string of the molecule is CCc1ccccc1N1C[C@H](C(=O)N(C)Cc2noc(=O)[nH]2)CC1=O. The molecule has 1 aromatic heterocycles. The molecule has 8 nitrogen and oxygen atoms in total. The molecule has 0 bridgehead atoms. The normalized spacial score (nSPS) is 17.1.